The Bertz CT molecular complexity index is 271. The standard InChI is InChI=1S/C11H21N3O/c1-4-5-9-10(13-12)6-7-14(8(2)3)11(9)15/h8,13H,4-7,12H2,1-3H3. The van der Waals surface area contributed by atoms with Crippen LogP contribution in [-0.4, -0.2) is 23.4 Å². The van der Waals surface area contributed by atoms with E-state index in [0.29, 0.717) is 0 Å². The molecule has 4 heteroatoms. The average Bonchev–Trinajstić information content (AvgIpc) is 2.20. The molecule has 3 N–H and O–H groups in total. The summed E-state index contributed by atoms with van der Waals surface area (Å²) >= 11 is 0. The Labute approximate surface area is 91.5 Å². The number of nitrogens with two attached hydrogens (primary N) is 1. The van der Waals surface area contributed by atoms with Gasteiger partial charge in [-0.3, -0.25) is 10.6 Å². The lowest BCUT2D eigenvalue weighted by atomic mass is 10.00. The molecule has 86 valence electrons. The van der Waals surface area contributed by atoms with Gasteiger partial charge in [-0.05, 0) is 20.3 Å². The van der Waals surface area contributed by atoms with E-state index in [4.69, 9.17) is 5.84 Å². The molecule has 1 heterocycles. The van der Waals surface area contributed by atoms with Crippen LogP contribution in [0.3, 0.4) is 0 Å². The second-order valence-electron chi connectivity index (χ2n) is 4.19. The molecule has 0 bridgehead atoms. The minimum Gasteiger partial charge on any atom is -0.336 e. The largest absolute Gasteiger partial charge is 0.336 e. The second-order valence-corrected chi connectivity index (χ2v) is 4.19. The van der Waals surface area contributed by atoms with Crippen molar-refractivity contribution in [2.75, 3.05) is 6.54 Å². The van der Waals surface area contributed by atoms with Gasteiger partial charge in [0.25, 0.3) is 5.91 Å². The lowest BCUT2D eigenvalue weighted by Crippen LogP contribution is -2.44. The van der Waals surface area contributed by atoms with Gasteiger partial charge in [0.05, 0.1) is 0 Å². The fraction of sp³-hybridized carbons (Fsp3) is 0.727. The summed E-state index contributed by atoms with van der Waals surface area (Å²) in [6, 6.07) is 0.267. The third-order valence-electron chi connectivity index (χ3n) is 2.78. The number of nitrogens with zero attached hydrogens (tertiary/aromatic N) is 1. The lowest BCUT2D eigenvalue weighted by molar-refractivity contribution is -0.129. The zero-order valence-electron chi connectivity index (χ0n) is 9.84. The van der Waals surface area contributed by atoms with Crippen molar-refractivity contribution in [3.05, 3.63) is 11.3 Å². The van der Waals surface area contributed by atoms with E-state index in [1.54, 1.807) is 0 Å². The molecular weight excluding hydrogens is 190 g/mol. The Kier molecular flexibility index (Phi) is 4.15. The minimum absolute atomic E-state index is 0.144. The third kappa shape index (κ3) is 2.50. The molecule has 0 aromatic heterocycles. The van der Waals surface area contributed by atoms with Crippen molar-refractivity contribution < 1.29 is 4.79 Å². The first-order chi connectivity index (χ1) is 7.11. The van der Waals surface area contributed by atoms with Gasteiger partial charge in [0.1, 0.15) is 0 Å². The topological polar surface area (TPSA) is 58.4 Å². The number of hydrogen-bond donors (Lipinski definition) is 2. The van der Waals surface area contributed by atoms with E-state index in [2.05, 4.69) is 12.3 Å². The predicted octanol–water partition coefficient (Wildman–Crippen LogP) is 1.14. The zero-order valence-corrected chi connectivity index (χ0v) is 9.84. The van der Waals surface area contributed by atoms with E-state index < -0.39 is 0 Å². The van der Waals surface area contributed by atoms with Crippen LogP contribution < -0.4 is 11.3 Å². The van der Waals surface area contributed by atoms with Gasteiger partial charge in [-0.1, -0.05) is 13.3 Å². The van der Waals surface area contributed by atoms with E-state index in [0.717, 1.165) is 37.1 Å². The number of hydrazine groups is 1. The highest BCUT2D eigenvalue weighted by Gasteiger charge is 2.27. The van der Waals surface area contributed by atoms with Crippen molar-refractivity contribution in [2.24, 2.45) is 5.84 Å². The monoisotopic (exact) mass is 211 g/mol. The Balaban J connectivity index is 2.90. The summed E-state index contributed by atoms with van der Waals surface area (Å²) in [7, 11) is 0. The molecule has 0 aromatic carbocycles. The van der Waals surface area contributed by atoms with Crippen LogP contribution in [0.2, 0.25) is 0 Å². The first-order valence-corrected chi connectivity index (χ1v) is 5.61. The highest BCUT2D eigenvalue weighted by Crippen LogP contribution is 2.22. The second kappa shape index (κ2) is 5.16. The van der Waals surface area contributed by atoms with Crippen LogP contribution in [0.15, 0.2) is 11.3 Å². The van der Waals surface area contributed by atoms with Crippen LogP contribution in [0.4, 0.5) is 0 Å². The summed E-state index contributed by atoms with van der Waals surface area (Å²) in [4.78, 5) is 14.0. The smallest absolute Gasteiger partial charge is 0.251 e. The Morgan fingerprint density at radius 2 is 2.20 bits per heavy atom. The van der Waals surface area contributed by atoms with Gasteiger partial charge >= 0.3 is 0 Å². The molecule has 4 nitrogen and oxygen atoms in total. The first kappa shape index (κ1) is 12.0. The van der Waals surface area contributed by atoms with Crippen molar-refractivity contribution in [1.29, 1.82) is 0 Å². The van der Waals surface area contributed by atoms with E-state index in [-0.39, 0.29) is 11.9 Å². The fourth-order valence-corrected chi connectivity index (χ4v) is 1.95. The summed E-state index contributed by atoms with van der Waals surface area (Å²) in [5.74, 6) is 5.57. The maximum atomic E-state index is 12.1. The summed E-state index contributed by atoms with van der Waals surface area (Å²) in [6.07, 6.45) is 2.62. The molecule has 0 aromatic rings. The number of hydrogen-bond acceptors (Lipinski definition) is 3. The number of nitrogens with one attached hydrogen (secondary N) is 1. The van der Waals surface area contributed by atoms with Crippen LogP contribution in [-0.2, 0) is 4.79 Å². The molecule has 1 aliphatic rings. The molecule has 0 aliphatic carbocycles. The zero-order chi connectivity index (χ0) is 11.4. The predicted molar refractivity (Wildman–Crippen MR) is 60.7 cm³/mol. The van der Waals surface area contributed by atoms with Crippen LogP contribution in [0, 0.1) is 0 Å². The highest BCUT2D eigenvalue weighted by atomic mass is 16.2. The molecule has 1 rings (SSSR count). The van der Waals surface area contributed by atoms with Crippen LogP contribution >= 0.6 is 0 Å². The summed E-state index contributed by atoms with van der Waals surface area (Å²) in [6.45, 7) is 6.93. The number of carbonyl (C=O) groups excluding carboxylic acids is 1. The van der Waals surface area contributed by atoms with Crippen molar-refractivity contribution in [3.8, 4) is 0 Å². The van der Waals surface area contributed by atoms with Crippen LogP contribution in [0.25, 0.3) is 0 Å². The lowest BCUT2D eigenvalue weighted by Gasteiger charge is -2.33. The minimum atomic E-state index is 0.144. The molecule has 0 fully saturated rings. The SMILES string of the molecule is CCCC1=C(NN)CCN(C(C)C)C1=O. The molecule has 0 atom stereocenters. The first-order valence-electron chi connectivity index (χ1n) is 5.61. The Hall–Kier alpha value is -1.03. The van der Waals surface area contributed by atoms with Crippen LogP contribution in [0.5, 0.6) is 0 Å². The van der Waals surface area contributed by atoms with Gasteiger partial charge in [0.2, 0.25) is 0 Å². The van der Waals surface area contributed by atoms with Crippen LogP contribution in [0.1, 0.15) is 40.0 Å². The highest BCUT2D eigenvalue weighted by molar-refractivity contribution is 5.95. The maximum Gasteiger partial charge on any atom is 0.251 e. The third-order valence-corrected chi connectivity index (χ3v) is 2.78. The van der Waals surface area contributed by atoms with Gasteiger partial charge < -0.3 is 10.3 Å². The number of amides is 1. The van der Waals surface area contributed by atoms with Crippen molar-refractivity contribution in [3.63, 3.8) is 0 Å². The van der Waals surface area contributed by atoms with E-state index in [1.165, 1.54) is 0 Å². The van der Waals surface area contributed by atoms with Gasteiger partial charge in [0, 0.05) is 30.3 Å². The van der Waals surface area contributed by atoms with Crippen molar-refractivity contribution in [1.82, 2.24) is 10.3 Å². The summed E-state index contributed by atoms with van der Waals surface area (Å²) < 4.78 is 0. The molecule has 0 saturated carbocycles. The maximum absolute atomic E-state index is 12.1. The molecular formula is C11H21N3O. The van der Waals surface area contributed by atoms with Gasteiger partial charge in [-0.2, -0.15) is 0 Å². The molecule has 15 heavy (non-hydrogen) atoms. The summed E-state index contributed by atoms with van der Waals surface area (Å²) in [5.41, 5.74) is 4.44. The molecule has 0 spiro atoms. The Morgan fingerprint density at radius 3 is 2.67 bits per heavy atom. The Morgan fingerprint density at radius 1 is 1.53 bits per heavy atom. The van der Waals surface area contributed by atoms with E-state index in [1.807, 2.05) is 18.7 Å². The number of rotatable bonds is 4. The van der Waals surface area contributed by atoms with Crippen molar-refractivity contribution in [2.45, 2.75) is 46.1 Å². The van der Waals surface area contributed by atoms with Gasteiger partial charge in [0.15, 0.2) is 0 Å². The molecule has 1 aliphatic heterocycles. The van der Waals surface area contributed by atoms with E-state index >= 15 is 0 Å². The van der Waals surface area contributed by atoms with Gasteiger partial charge in [-0.15, -0.1) is 0 Å². The molecule has 1 amide bonds. The molecule has 0 saturated heterocycles. The number of carbonyl (C=O) groups is 1. The van der Waals surface area contributed by atoms with E-state index in [9.17, 15) is 4.79 Å². The normalized spacial score (nSPS) is 17.7. The van der Waals surface area contributed by atoms with Gasteiger partial charge in [-0.25, -0.2) is 0 Å². The average molecular weight is 211 g/mol. The summed E-state index contributed by atoms with van der Waals surface area (Å²) in [5, 5.41) is 0. The molecule has 0 radical (unpaired) electrons. The van der Waals surface area contributed by atoms with Crippen molar-refractivity contribution >= 4 is 5.91 Å². The quantitative estimate of drug-likeness (QED) is 0.541. The molecule has 0 unspecified atom stereocenters. The fourth-order valence-electron chi connectivity index (χ4n) is 1.95.